The average Bonchev–Trinajstić information content (AvgIpc) is 2.50. The third-order valence-corrected chi connectivity index (χ3v) is 2.61. The third-order valence-electron chi connectivity index (χ3n) is 2.61. The number of hydrogen-bond acceptors (Lipinski definition) is 5. The van der Waals surface area contributed by atoms with Crippen molar-refractivity contribution in [2.75, 3.05) is 6.61 Å². The SMILES string of the molecule is O=C(CCCCCO[N+](=O)[O-])Oc1c(F)c(F)c(F)c(F)c1F. The van der Waals surface area contributed by atoms with Crippen LogP contribution in [0.3, 0.4) is 0 Å². The van der Waals surface area contributed by atoms with Gasteiger partial charge in [0.25, 0.3) is 5.09 Å². The van der Waals surface area contributed by atoms with Crippen LogP contribution in [0.2, 0.25) is 0 Å². The Morgan fingerprint density at radius 1 is 0.913 bits per heavy atom. The van der Waals surface area contributed by atoms with Crippen molar-refractivity contribution in [1.82, 2.24) is 0 Å². The van der Waals surface area contributed by atoms with Gasteiger partial charge in [0.05, 0.1) is 6.61 Å². The number of nitrogens with zero attached hydrogens (tertiary/aromatic N) is 1. The highest BCUT2D eigenvalue weighted by Crippen LogP contribution is 2.29. The van der Waals surface area contributed by atoms with E-state index in [2.05, 4.69) is 9.57 Å². The minimum Gasteiger partial charge on any atom is -0.420 e. The Morgan fingerprint density at radius 2 is 1.43 bits per heavy atom. The fourth-order valence-corrected chi connectivity index (χ4v) is 1.53. The molecule has 0 saturated heterocycles. The molecular weight excluding hydrogens is 333 g/mol. The van der Waals surface area contributed by atoms with Crippen LogP contribution in [-0.4, -0.2) is 17.7 Å². The van der Waals surface area contributed by atoms with Gasteiger partial charge in [-0.2, -0.15) is 8.78 Å². The maximum atomic E-state index is 13.2. The van der Waals surface area contributed by atoms with Gasteiger partial charge in [-0.25, -0.2) is 13.2 Å². The monoisotopic (exact) mass is 343 g/mol. The van der Waals surface area contributed by atoms with E-state index in [1.807, 2.05) is 0 Å². The summed E-state index contributed by atoms with van der Waals surface area (Å²) in [4.78, 5) is 25.2. The molecule has 1 aromatic carbocycles. The lowest BCUT2D eigenvalue weighted by Gasteiger charge is -2.08. The number of hydrogen-bond donors (Lipinski definition) is 0. The van der Waals surface area contributed by atoms with Crippen molar-refractivity contribution < 1.29 is 41.4 Å². The summed E-state index contributed by atoms with van der Waals surface area (Å²) in [5, 5.41) is 8.85. The predicted molar refractivity (Wildman–Crippen MR) is 63.3 cm³/mol. The van der Waals surface area contributed by atoms with E-state index in [-0.39, 0.29) is 25.9 Å². The van der Waals surface area contributed by atoms with Gasteiger partial charge in [-0.05, 0) is 12.8 Å². The van der Waals surface area contributed by atoms with E-state index < -0.39 is 45.9 Å². The first kappa shape index (κ1) is 18.6. The molecule has 0 spiro atoms. The standard InChI is InChI=1S/C12H10F5NO5/c13-7-8(14)10(16)12(11(17)9(7)15)23-6(19)4-2-1-3-5-22-18(20)21/h1-5H2. The highest BCUT2D eigenvalue weighted by molar-refractivity contribution is 5.72. The second-order valence-corrected chi connectivity index (χ2v) is 4.24. The molecular formula is C12H10F5NO5. The molecule has 6 nitrogen and oxygen atoms in total. The second kappa shape index (κ2) is 8.25. The highest BCUT2D eigenvalue weighted by Gasteiger charge is 2.28. The summed E-state index contributed by atoms with van der Waals surface area (Å²) >= 11 is 0. The molecule has 1 aromatic rings. The third kappa shape index (κ3) is 5.04. The maximum absolute atomic E-state index is 13.2. The zero-order valence-corrected chi connectivity index (χ0v) is 11.4. The van der Waals surface area contributed by atoms with Crippen molar-refractivity contribution in [3.63, 3.8) is 0 Å². The summed E-state index contributed by atoms with van der Waals surface area (Å²) < 4.78 is 69.2. The van der Waals surface area contributed by atoms with Crippen molar-refractivity contribution in [2.24, 2.45) is 0 Å². The summed E-state index contributed by atoms with van der Waals surface area (Å²) in [6.07, 6.45) is 0.268. The Hall–Kier alpha value is -2.46. The lowest BCUT2D eigenvalue weighted by molar-refractivity contribution is -0.757. The van der Waals surface area contributed by atoms with E-state index in [1.165, 1.54) is 0 Å². The number of carbonyl (C=O) groups excluding carboxylic acids is 1. The van der Waals surface area contributed by atoms with Gasteiger partial charge in [-0.1, -0.05) is 6.42 Å². The van der Waals surface area contributed by atoms with Gasteiger partial charge in [0, 0.05) is 6.42 Å². The molecule has 0 aromatic heterocycles. The molecule has 1 rings (SSSR count). The Kier molecular flexibility index (Phi) is 6.66. The molecule has 0 unspecified atom stereocenters. The fraction of sp³-hybridized carbons (Fsp3) is 0.417. The van der Waals surface area contributed by atoms with Crippen LogP contribution in [-0.2, 0) is 9.63 Å². The van der Waals surface area contributed by atoms with Crippen molar-refractivity contribution in [3.05, 3.63) is 39.2 Å². The predicted octanol–water partition coefficient (Wildman–Crippen LogP) is 3.06. The number of halogens is 5. The van der Waals surface area contributed by atoms with Gasteiger partial charge in [-0.3, -0.25) is 4.79 Å². The molecule has 0 aliphatic carbocycles. The summed E-state index contributed by atoms with van der Waals surface area (Å²) in [6.45, 7) is -0.195. The second-order valence-electron chi connectivity index (χ2n) is 4.24. The van der Waals surface area contributed by atoms with Crippen LogP contribution in [0.15, 0.2) is 0 Å². The molecule has 0 heterocycles. The first-order valence-electron chi connectivity index (χ1n) is 6.25. The Bertz CT molecular complexity index is 581. The molecule has 0 N–H and O–H groups in total. The van der Waals surface area contributed by atoms with Crippen LogP contribution < -0.4 is 4.74 Å². The number of ether oxygens (including phenoxy) is 1. The van der Waals surface area contributed by atoms with Gasteiger partial charge < -0.3 is 9.57 Å². The molecule has 0 fully saturated rings. The van der Waals surface area contributed by atoms with Gasteiger partial charge in [0.2, 0.25) is 34.8 Å². The van der Waals surface area contributed by atoms with Crippen LogP contribution in [0.5, 0.6) is 5.75 Å². The number of benzene rings is 1. The first-order chi connectivity index (χ1) is 10.8. The Balaban J connectivity index is 2.54. The Labute approximate surface area is 125 Å². The number of rotatable bonds is 8. The van der Waals surface area contributed by atoms with Crippen molar-refractivity contribution >= 4 is 5.97 Å². The summed E-state index contributed by atoms with van der Waals surface area (Å²) in [7, 11) is 0. The summed E-state index contributed by atoms with van der Waals surface area (Å²) in [5.74, 6) is -14.1. The van der Waals surface area contributed by atoms with Crippen LogP contribution in [0.25, 0.3) is 0 Å². The topological polar surface area (TPSA) is 78.7 Å². The van der Waals surface area contributed by atoms with E-state index in [9.17, 15) is 36.9 Å². The molecule has 0 saturated carbocycles. The van der Waals surface area contributed by atoms with Crippen LogP contribution in [0.1, 0.15) is 25.7 Å². The smallest absolute Gasteiger partial charge is 0.311 e. The molecule has 0 aliphatic heterocycles. The molecule has 23 heavy (non-hydrogen) atoms. The lowest BCUT2D eigenvalue weighted by Crippen LogP contribution is -2.13. The highest BCUT2D eigenvalue weighted by atomic mass is 19.2. The van der Waals surface area contributed by atoms with E-state index in [0.717, 1.165) is 0 Å². The normalized spacial score (nSPS) is 10.5. The van der Waals surface area contributed by atoms with E-state index in [4.69, 9.17) is 0 Å². The van der Waals surface area contributed by atoms with Crippen LogP contribution in [0.4, 0.5) is 22.0 Å². The van der Waals surface area contributed by atoms with Gasteiger partial charge >= 0.3 is 5.97 Å². The van der Waals surface area contributed by atoms with E-state index in [1.54, 1.807) is 0 Å². The largest absolute Gasteiger partial charge is 0.420 e. The lowest BCUT2D eigenvalue weighted by atomic mass is 10.2. The average molecular weight is 343 g/mol. The molecule has 0 aliphatic rings. The quantitative estimate of drug-likeness (QED) is 0.106. The summed E-state index contributed by atoms with van der Waals surface area (Å²) in [6, 6.07) is 0. The molecule has 0 bridgehead atoms. The summed E-state index contributed by atoms with van der Waals surface area (Å²) in [5.41, 5.74) is 0. The number of esters is 1. The molecule has 0 atom stereocenters. The maximum Gasteiger partial charge on any atom is 0.311 e. The zero-order chi connectivity index (χ0) is 17.6. The number of unbranched alkanes of at least 4 members (excludes halogenated alkanes) is 2. The van der Waals surface area contributed by atoms with Crippen LogP contribution >= 0.6 is 0 Å². The van der Waals surface area contributed by atoms with Crippen molar-refractivity contribution in [3.8, 4) is 5.75 Å². The fourth-order valence-electron chi connectivity index (χ4n) is 1.53. The first-order valence-corrected chi connectivity index (χ1v) is 6.25. The van der Waals surface area contributed by atoms with E-state index >= 15 is 0 Å². The van der Waals surface area contributed by atoms with Gasteiger partial charge in [-0.15, -0.1) is 10.1 Å². The van der Waals surface area contributed by atoms with Crippen LogP contribution in [0, 0.1) is 39.2 Å². The minimum atomic E-state index is -2.36. The van der Waals surface area contributed by atoms with Crippen molar-refractivity contribution in [1.29, 1.82) is 0 Å². The Morgan fingerprint density at radius 3 is 1.96 bits per heavy atom. The molecule has 11 heteroatoms. The molecule has 0 amide bonds. The van der Waals surface area contributed by atoms with Gasteiger partial charge in [0.15, 0.2) is 0 Å². The van der Waals surface area contributed by atoms with E-state index in [0.29, 0.717) is 6.42 Å². The van der Waals surface area contributed by atoms with Gasteiger partial charge in [0.1, 0.15) is 0 Å². The van der Waals surface area contributed by atoms with Crippen molar-refractivity contribution in [2.45, 2.75) is 25.7 Å². The zero-order valence-electron chi connectivity index (χ0n) is 11.4. The number of carbonyl (C=O) groups is 1. The minimum absolute atomic E-state index is 0.120. The molecule has 0 radical (unpaired) electrons. The molecule has 128 valence electrons.